The Morgan fingerprint density at radius 1 is 0.923 bits per heavy atom. The van der Waals surface area contributed by atoms with Crippen LogP contribution in [-0.2, 0) is 17.4 Å². The van der Waals surface area contributed by atoms with Crippen molar-refractivity contribution in [3.63, 3.8) is 0 Å². The molecule has 0 aliphatic carbocycles. The largest absolute Gasteiger partial charge is 0.416 e. The minimum absolute atomic E-state index is 0.287. The van der Waals surface area contributed by atoms with Gasteiger partial charge >= 0.3 is 6.18 Å². The molecule has 134 valence electrons. The fraction of sp³-hybridized carbons (Fsp3) is 0.150. The number of hydrogen-bond donors (Lipinski definition) is 1. The number of amides is 1. The fourth-order valence-corrected chi connectivity index (χ4v) is 2.69. The predicted octanol–water partition coefficient (Wildman–Crippen LogP) is 4.93. The van der Waals surface area contributed by atoms with Gasteiger partial charge in [0.05, 0.1) is 5.56 Å². The molecule has 0 fully saturated rings. The molecule has 1 heterocycles. The Balaban J connectivity index is 1.77. The average molecular weight is 358 g/mol. The van der Waals surface area contributed by atoms with Gasteiger partial charge in [-0.15, -0.1) is 0 Å². The van der Waals surface area contributed by atoms with Gasteiger partial charge in [0.25, 0.3) is 0 Å². The van der Waals surface area contributed by atoms with E-state index >= 15 is 0 Å². The maximum atomic E-state index is 12.7. The van der Waals surface area contributed by atoms with E-state index in [2.05, 4.69) is 5.32 Å². The third-order valence-corrected chi connectivity index (χ3v) is 4.04. The van der Waals surface area contributed by atoms with Gasteiger partial charge in [-0.25, -0.2) is 0 Å². The summed E-state index contributed by atoms with van der Waals surface area (Å²) in [6.07, 6.45) is -0.342. The highest BCUT2D eigenvalue weighted by molar-refractivity contribution is 5.94. The summed E-state index contributed by atoms with van der Waals surface area (Å²) in [4.78, 5) is 12.7. The Labute approximate surface area is 149 Å². The third kappa shape index (κ3) is 4.33. The van der Waals surface area contributed by atoms with E-state index in [1.165, 1.54) is 12.1 Å². The van der Waals surface area contributed by atoms with Crippen molar-refractivity contribution in [1.82, 2.24) is 4.57 Å². The number of alkyl halides is 3. The zero-order valence-electron chi connectivity index (χ0n) is 13.8. The number of hydrogen-bond acceptors (Lipinski definition) is 1. The van der Waals surface area contributed by atoms with Crippen molar-refractivity contribution >= 4 is 11.6 Å². The van der Waals surface area contributed by atoms with Crippen LogP contribution in [0.4, 0.5) is 18.9 Å². The van der Waals surface area contributed by atoms with Crippen LogP contribution in [0.5, 0.6) is 0 Å². The van der Waals surface area contributed by atoms with E-state index in [4.69, 9.17) is 0 Å². The van der Waals surface area contributed by atoms with Crippen LogP contribution < -0.4 is 5.32 Å². The molecule has 0 saturated heterocycles. The third-order valence-electron chi connectivity index (χ3n) is 4.04. The van der Waals surface area contributed by atoms with Gasteiger partial charge in [-0.3, -0.25) is 4.79 Å². The van der Waals surface area contributed by atoms with Crippen molar-refractivity contribution in [2.75, 3.05) is 5.32 Å². The molecule has 26 heavy (non-hydrogen) atoms. The number of nitrogens with one attached hydrogen (secondary N) is 1. The van der Waals surface area contributed by atoms with Crippen molar-refractivity contribution in [1.29, 1.82) is 0 Å². The summed E-state index contributed by atoms with van der Waals surface area (Å²) < 4.78 is 39.7. The molecule has 0 bridgehead atoms. The Hall–Kier alpha value is -3.02. The van der Waals surface area contributed by atoms with E-state index in [1.807, 2.05) is 42.5 Å². The summed E-state index contributed by atoms with van der Waals surface area (Å²) in [5, 5.41) is 2.70. The maximum absolute atomic E-state index is 12.7. The molecule has 3 nitrogen and oxygen atoms in total. The van der Waals surface area contributed by atoms with Crippen molar-refractivity contribution in [2.45, 2.75) is 18.6 Å². The normalized spacial score (nSPS) is 12.6. The topological polar surface area (TPSA) is 34.0 Å². The number of carbonyl (C=O) groups is 1. The van der Waals surface area contributed by atoms with Gasteiger partial charge in [-0.1, -0.05) is 30.3 Å². The summed E-state index contributed by atoms with van der Waals surface area (Å²) in [6, 6.07) is 17.1. The summed E-state index contributed by atoms with van der Waals surface area (Å²) >= 11 is 0. The lowest BCUT2D eigenvalue weighted by molar-refractivity contribution is -0.137. The molecule has 0 unspecified atom stereocenters. The Morgan fingerprint density at radius 2 is 1.54 bits per heavy atom. The van der Waals surface area contributed by atoms with Crippen LogP contribution in [0.25, 0.3) is 0 Å². The second-order valence-electron chi connectivity index (χ2n) is 5.90. The van der Waals surface area contributed by atoms with E-state index < -0.39 is 17.8 Å². The van der Waals surface area contributed by atoms with Crippen molar-refractivity contribution < 1.29 is 18.0 Å². The molecule has 1 atom stereocenters. The van der Waals surface area contributed by atoms with Crippen LogP contribution in [0.1, 0.15) is 17.2 Å². The molecular weight excluding hydrogens is 341 g/mol. The molecule has 1 amide bonds. The number of halogens is 3. The first-order valence-electron chi connectivity index (χ1n) is 8.08. The predicted molar refractivity (Wildman–Crippen MR) is 93.7 cm³/mol. The first-order chi connectivity index (χ1) is 12.4. The van der Waals surface area contributed by atoms with Gasteiger partial charge in [-0.05, 0) is 42.0 Å². The van der Waals surface area contributed by atoms with Gasteiger partial charge in [0.2, 0.25) is 5.91 Å². The van der Waals surface area contributed by atoms with Crippen molar-refractivity contribution in [3.05, 3.63) is 90.3 Å². The molecular formula is C20H17F3N2O. The number of nitrogens with zero attached hydrogens (tertiary/aromatic N) is 1. The van der Waals surface area contributed by atoms with Crippen molar-refractivity contribution in [2.24, 2.45) is 0 Å². The average Bonchev–Trinajstić information content (AvgIpc) is 3.14. The standard InChI is InChI=1S/C20H17F3N2O/c21-20(22,23)16-8-10-17(11-9-16)24-19(26)18(25-12-4-5-13-25)14-15-6-2-1-3-7-15/h1-13,18H,14H2,(H,24,26)/t18-/m1/s1. The lowest BCUT2D eigenvalue weighted by atomic mass is 10.0. The van der Waals surface area contributed by atoms with Gasteiger partial charge < -0.3 is 9.88 Å². The van der Waals surface area contributed by atoms with E-state index in [0.29, 0.717) is 12.1 Å². The lowest BCUT2D eigenvalue weighted by Crippen LogP contribution is -2.27. The van der Waals surface area contributed by atoms with E-state index in [0.717, 1.165) is 17.7 Å². The molecule has 3 aromatic rings. The zero-order chi connectivity index (χ0) is 18.6. The Morgan fingerprint density at radius 3 is 2.12 bits per heavy atom. The smallest absolute Gasteiger partial charge is 0.342 e. The second-order valence-corrected chi connectivity index (χ2v) is 5.90. The molecule has 6 heteroatoms. The molecule has 2 aromatic carbocycles. The summed E-state index contributed by atoms with van der Waals surface area (Å²) in [5.41, 5.74) is 0.573. The molecule has 1 aromatic heterocycles. The maximum Gasteiger partial charge on any atom is 0.416 e. The van der Waals surface area contributed by atoms with Crippen LogP contribution in [-0.4, -0.2) is 10.5 Å². The van der Waals surface area contributed by atoms with Crippen LogP contribution in [0, 0.1) is 0 Å². The first-order valence-corrected chi connectivity index (χ1v) is 8.08. The monoisotopic (exact) mass is 358 g/mol. The summed E-state index contributed by atoms with van der Waals surface area (Å²) in [5.74, 6) is -0.287. The molecule has 3 rings (SSSR count). The summed E-state index contributed by atoms with van der Waals surface area (Å²) in [7, 11) is 0. The zero-order valence-corrected chi connectivity index (χ0v) is 13.8. The van der Waals surface area contributed by atoms with Crippen LogP contribution >= 0.6 is 0 Å². The summed E-state index contributed by atoms with van der Waals surface area (Å²) in [6.45, 7) is 0. The number of rotatable bonds is 5. The highest BCUT2D eigenvalue weighted by Gasteiger charge is 2.30. The first kappa shape index (κ1) is 17.8. The Kier molecular flexibility index (Phi) is 5.11. The number of carbonyl (C=O) groups excluding carboxylic acids is 1. The highest BCUT2D eigenvalue weighted by atomic mass is 19.4. The molecule has 0 aliphatic heterocycles. The molecule has 0 spiro atoms. The van der Waals surface area contributed by atoms with Gasteiger partial charge in [0.15, 0.2) is 0 Å². The van der Waals surface area contributed by atoms with Crippen LogP contribution in [0.15, 0.2) is 79.1 Å². The number of anilines is 1. The van der Waals surface area contributed by atoms with Gasteiger partial charge in [0.1, 0.15) is 6.04 Å². The molecule has 0 radical (unpaired) electrons. The van der Waals surface area contributed by atoms with E-state index in [-0.39, 0.29) is 5.91 Å². The fourth-order valence-electron chi connectivity index (χ4n) is 2.69. The van der Waals surface area contributed by atoms with E-state index in [1.54, 1.807) is 17.0 Å². The number of aromatic nitrogens is 1. The minimum Gasteiger partial charge on any atom is -0.342 e. The van der Waals surface area contributed by atoms with Crippen LogP contribution in [0.3, 0.4) is 0 Å². The molecule has 0 aliphatic rings. The highest BCUT2D eigenvalue weighted by Crippen LogP contribution is 2.30. The van der Waals surface area contributed by atoms with E-state index in [9.17, 15) is 18.0 Å². The Bertz CT molecular complexity index is 841. The van der Waals surface area contributed by atoms with Gasteiger partial charge in [0, 0.05) is 24.5 Å². The SMILES string of the molecule is O=C(Nc1ccc(C(F)(F)F)cc1)[C@@H](Cc1ccccc1)n1cccc1. The number of benzene rings is 2. The molecule has 1 N–H and O–H groups in total. The van der Waals surface area contributed by atoms with Crippen molar-refractivity contribution in [3.8, 4) is 0 Å². The lowest BCUT2D eigenvalue weighted by Gasteiger charge is -2.19. The van der Waals surface area contributed by atoms with Crippen LogP contribution in [0.2, 0.25) is 0 Å². The van der Waals surface area contributed by atoms with Gasteiger partial charge in [-0.2, -0.15) is 13.2 Å². The molecule has 0 saturated carbocycles. The quantitative estimate of drug-likeness (QED) is 0.689. The minimum atomic E-state index is -4.40. The second kappa shape index (κ2) is 7.47.